The Labute approximate surface area is 126 Å². The Hall–Kier alpha value is -1.74. The van der Waals surface area contributed by atoms with Gasteiger partial charge in [-0.1, -0.05) is 23.3 Å². The van der Waals surface area contributed by atoms with Gasteiger partial charge in [0.25, 0.3) is 0 Å². The summed E-state index contributed by atoms with van der Waals surface area (Å²) < 4.78 is 10.9. The largest absolute Gasteiger partial charge is 0.493 e. The first kappa shape index (κ1) is 15.6. The summed E-state index contributed by atoms with van der Waals surface area (Å²) >= 11 is 0. The van der Waals surface area contributed by atoms with Crippen LogP contribution in [0.1, 0.15) is 38.7 Å². The quantitative estimate of drug-likeness (QED) is 0.860. The molecule has 0 unspecified atom stereocenters. The van der Waals surface area contributed by atoms with Gasteiger partial charge >= 0.3 is 0 Å². The summed E-state index contributed by atoms with van der Waals surface area (Å²) in [4.78, 5) is 0. The second-order valence-corrected chi connectivity index (χ2v) is 5.51. The maximum absolute atomic E-state index is 8.93. The van der Waals surface area contributed by atoms with Gasteiger partial charge < -0.3 is 14.6 Å². The van der Waals surface area contributed by atoms with E-state index in [0.29, 0.717) is 11.5 Å². The van der Waals surface area contributed by atoms with E-state index in [1.54, 1.807) is 7.11 Å². The number of hydrogen-bond donors (Lipinski definition) is 1. The van der Waals surface area contributed by atoms with Crippen LogP contribution < -0.4 is 9.47 Å². The molecule has 0 amide bonds. The molecule has 0 aliphatic heterocycles. The molecule has 1 aliphatic carbocycles. The fourth-order valence-electron chi connectivity index (χ4n) is 2.36. The van der Waals surface area contributed by atoms with Crippen molar-refractivity contribution in [1.29, 1.82) is 0 Å². The van der Waals surface area contributed by atoms with Crippen molar-refractivity contribution in [3.05, 3.63) is 41.0 Å². The molecular formula is C18H24O3. The standard InChI is InChI=1S/C18H24O3/c1-13(2)16(11-14-5-4-6-14)15-7-8-17(20-3)18(12-15)21-10-9-19/h7-8,11-12,19H,4-6,9-10H2,1-3H3. The lowest BCUT2D eigenvalue weighted by molar-refractivity contribution is 0.196. The minimum Gasteiger partial charge on any atom is -0.493 e. The van der Waals surface area contributed by atoms with Crippen molar-refractivity contribution in [3.8, 4) is 11.5 Å². The summed E-state index contributed by atoms with van der Waals surface area (Å²) in [7, 11) is 1.62. The molecule has 1 aromatic rings. The van der Waals surface area contributed by atoms with Crippen molar-refractivity contribution in [2.45, 2.75) is 33.1 Å². The van der Waals surface area contributed by atoms with Crippen molar-refractivity contribution < 1.29 is 14.6 Å². The Bertz CT molecular complexity index is 546. The Morgan fingerprint density at radius 2 is 2.00 bits per heavy atom. The number of aliphatic hydroxyl groups is 1. The molecule has 114 valence electrons. The highest BCUT2D eigenvalue weighted by Crippen LogP contribution is 2.35. The average molecular weight is 288 g/mol. The van der Waals surface area contributed by atoms with Gasteiger partial charge in [0.1, 0.15) is 6.61 Å². The highest BCUT2D eigenvalue weighted by atomic mass is 16.5. The predicted molar refractivity (Wildman–Crippen MR) is 85.8 cm³/mol. The molecule has 0 radical (unpaired) electrons. The minimum absolute atomic E-state index is 0.00701. The van der Waals surface area contributed by atoms with E-state index in [1.807, 2.05) is 12.1 Å². The minimum atomic E-state index is -0.00701. The van der Waals surface area contributed by atoms with E-state index in [9.17, 15) is 0 Å². The normalized spacial score (nSPS) is 13.4. The first-order chi connectivity index (χ1) is 10.2. The van der Waals surface area contributed by atoms with Gasteiger partial charge in [-0.05, 0) is 56.4 Å². The number of hydrogen-bond acceptors (Lipinski definition) is 3. The molecule has 1 aliphatic rings. The SMILES string of the molecule is COc1ccc(C(C=C2CCC2)=C(C)C)cc1OCCO. The summed E-state index contributed by atoms with van der Waals surface area (Å²) in [5.41, 5.74) is 5.18. The van der Waals surface area contributed by atoms with Crippen molar-refractivity contribution in [1.82, 2.24) is 0 Å². The number of methoxy groups -OCH3 is 1. The van der Waals surface area contributed by atoms with E-state index >= 15 is 0 Å². The van der Waals surface area contributed by atoms with Crippen LogP contribution in [0.3, 0.4) is 0 Å². The van der Waals surface area contributed by atoms with E-state index in [1.165, 1.54) is 36.0 Å². The van der Waals surface area contributed by atoms with Crippen LogP contribution in [0.4, 0.5) is 0 Å². The summed E-state index contributed by atoms with van der Waals surface area (Å²) in [6, 6.07) is 5.97. The first-order valence-electron chi connectivity index (χ1n) is 7.44. The average Bonchev–Trinajstić information content (AvgIpc) is 2.43. The van der Waals surface area contributed by atoms with Crippen molar-refractivity contribution >= 4 is 5.57 Å². The van der Waals surface area contributed by atoms with E-state index in [4.69, 9.17) is 14.6 Å². The molecule has 21 heavy (non-hydrogen) atoms. The molecule has 3 heteroatoms. The van der Waals surface area contributed by atoms with E-state index in [2.05, 4.69) is 26.0 Å². The van der Waals surface area contributed by atoms with Crippen LogP contribution in [-0.2, 0) is 0 Å². The van der Waals surface area contributed by atoms with Gasteiger partial charge in [-0.15, -0.1) is 0 Å². The van der Waals surface area contributed by atoms with Crippen LogP contribution in [0.15, 0.2) is 35.4 Å². The number of rotatable bonds is 6. The molecule has 0 bridgehead atoms. The van der Waals surface area contributed by atoms with Crippen LogP contribution in [0.25, 0.3) is 5.57 Å². The van der Waals surface area contributed by atoms with E-state index in [-0.39, 0.29) is 13.2 Å². The summed E-state index contributed by atoms with van der Waals surface area (Å²) in [6.45, 7) is 4.52. The fraction of sp³-hybridized carbons (Fsp3) is 0.444. The molecule has 0 saturated heterocycles. The monoisotopic (exact) mass is 288 g/mol. The Morgan fingerprint density at radius 3 is 2.52 bits per heavy atom. The highest BCUT2D eigenvalue weighted by Gasteiger charge is 2.12. The van der Waals surface area contributed by atoms with E-state index < -0.39 is 0 Å². The summed E-state index contributed by atoms with van der Waals surface area (Å²) in [5, 5.41) is 8.93. The molecule has 0 aromatic heterocycles. The summed E-state index contributed by atoms with van der Waals surface area (Å²) in [5.74, 6) is 1.37. The molecule has 1 saturated carbocycles. The fourth-order valence-corrected chi connectivity index (χ4v) is 2.36. The maximum Gasteiger partial charge on any atom is 0.161 e. The Kier molecular flexibility index (Phi) is 5.45. The Balaban J connectivity index is 2.35. The van der Waals surface area contributed by atoms with Gasteiger partial charge in [-0.3, -0.25) is 0 Å². The third kappa shape index (κ3) is 3.88. The number of ether oxygens (including phenoxy) is 2. The number of aliphatic hydroxyl groups excluding tert-OH is 1. The molecule has 1 N–H and O–H groups in total. The van der Waals surface area contributed by atoms with Gasteiger partial charge in [0, 0.05) is 0 Å². The smallest absolute Gasteiger partial charge is 0.161 e. The lowest BCUT2D eigenvalue weighted by atomic mass is 9.88. The van der Waals surface area contributed by atoms with Gasteiger partial charge in [0.15, 0.2) is 11.5 Å². The molecular weight excluding hydrogens is 264 g/mol. The van der Waals surface area contributed by atoms with Crippen LogP contribution in [0.5, 0.6) is 11.5 Å². The number of benzene rings is 1. The van der Waals surface area contributed by atoms with Crippen molar-refractivity contribution in [3.63, 3.8) is 0 Å². The van der Waals surface area contributed by atoms with E-state index in [0.717, 1.165) is 5.56 Å². The highest BCUT2D eigenvalue weighted by molar-refractivity contribution is 5.78. The molecule has 0 spiro atoms. The molecule has 0 atom stereocenters. The van der Waals surface area contributed by atoms with Gasteiger partial charge in [-0.25, -0.2) is 0 Å². The van der Waals surface area contributed by atoms with Crippen LogP contribution in [0, 0.1) is 0 Å². The van der Waals surface area contributed by atoms with Crippen LogP contribution >= 0.6 is 0 Å². The molecule has 0 heterocycles. The zero-order valence-electron chi connectivity index (χ0n) is 13.1. The zero-order chi connectivity index (χ0) is 15.2. The molecule has 1 fully saturated rings. The molecule has 1 aromatic carbocycles. The van der Waals surface area contributed by atoms with Crippen molar-refractivity contribution in [2.75, 3.05) is 20.3 Å². The first-order valence-corrected chi connectivity index (χ1v) is 7.44. The zero-order valence-corrected chi connectivity index (χ0v) is 13.1. The van der Waals surface area contributed by atoms with Crippen LogP contribution in [0.2, 0.25) is 0 Å². The van der Waals surface area contributed by atoms with Crippen molar-refractivity contribution in [2.24, 2.45) is 0 Å². The second-order valence-electron chi connectivity index (χ2n) is 5.51. The third-order valence-corrected chi connectivity index (χ3v) is 3.71. The second kappa shape index (κ2) is 7.32. The van der Waals surface area contributed by atoms with Crippen LogP contribution in [-0.4, -0.2) is 25.4 Å². The topological polar surface area (TPSA) is 38.7 Å². The lowest BCUT2D eigenvalue weighted by Gasteiger charge is -2.19. The number of allylic oxidation sites excluding steroid dienone is 4. The van der Waals surface area contributed by atoms with Gasteiger partial charge in [-0.2, -0.15) is 0 Å². The predicted octanol–water partition coefficient (Wildman–Crippen LogP) is 3.97. The lowest BCUT2D eigenvalue weighted by Crippen LogP contribution is -2.03. The van der Waals surface area contributed by atoms with Gasteiger partial charge in [0.05, 0.1) is 13.7 Å². The maximum atomic E-state index is 8.93. The summed E-state index contributed by atoms with van der Waals surface area (Å²) in [6.07, 6.45) is 6.02. The van der Waals surface area contributed by atoms with Gasteiger partial charge in [0.2, 0.25) is 0 Å². The Morgan fingerprint density at radius 1 is 1.24 bits per heavy atom. The molecule has 3 nitrogen and oxygen atoms in total. The third-order valence-electron chi connectivity index (χ3n) is 3.71. The molecule has 2 rings (SSSR count).